The van der Waals surface area contributed by atoms with Gasteiger partial charge in [-0.05, 0) is 13.8 Å². The van der Waals surface area contributed by atoms with Gasteiger partial charge in [-0.15, -0.1) is 0 Å². The summed E-state index contributed by atoms with van der Waals surface area (Å²) in [5, 5.41) is 2.19. The predicted molar refractivity (Wildman–Crippen MR) is 29.9 cm³/mol. The zero-order chi connectivity index (χ0) is 6.78. The average Bonchev–Trinajstić information content (AvgIpc) is 1.21. The highest BCUT2D eigenvalue weighted by Crippen LogP contribution is 1.86. The van der Waals surface area contributed by atoms with Crippen LogP contribution in [0.2, 0.25) is 0 Å². The van der Waals surface area contributed by atoms with Crippen molar-refractivity contribution in [2.75, 3.05) is 0 Å². The molecule has 0 aliphatic rings. The van der Waals surface area contributed by atoms with Gasteiger partial charge in [-0.3, -0.25) is 0 Å². The van der Waals surface area contributed by atoms with E-state index in [-0.39, 0.29) is 0 Å². The van der Waals surface area contributed by atoms with E-state index >= 15 is 0 Å². The SMILES string of the molecule is CC(C)(N)NC([NH])=O. The van der Waals surface area contributed by atoms with E-state index in [1.807, 2.05) is 0 Å². The fourth-order valence-electron chi connectivity index (χ4n) is 0.293. The van der Waals surface area contributed by atoms with Crippen molar-refractivity contribution in [3.63, 3.8) is 0 Å². The number of amides is 2. The molecular weight excluding hydrogens is 106 g/mol. The highest BCUT2D eigenvalue weighted by atomic mass is 16.2. The van der Waals surface area contributed by atoms with Gasteiger partial charge in [-0.2, -0.15) is 0 Å². The molecule has 0 aromatic heterocycles. The highest BCUT2D eigenvalue weighted by molar-refractivity contribution is 5.71. The van der Waals surface area contributed by atoms with Gasteiger partial charge in [0.2, 0.25) is 0 Å². The second-order valence-corrected chi connectivity index (χ2v) is 2.18. The van der Waals surface area contributed by atoms with E-state index < -0.39 is 11.7 Å². The molecule has 8 heavy (non-hydrogen) atoms. The van der Waals surface area contributed by atoms with Gasteiger partial charge >= 0.3 is 6.03 Å². The molecule has 0 spiro atoms. The first-order valence-corrected chi connectivity index (χ1v) is 2.24. The summed E-state index contributed by atoms with van der Waals surface area (Å²) in [5.41, 5.74) is 10.9. The van der Waals surface area contributed by atoms with E-state index in [9.17, 15) is 4.79 Å². The molecule has 2 amide bonds. The van der Waals surface area contributed by atoms with Crippen LogP contribution in [-0.4, -0.2) is 11.7 Å². The second kappa shape index (κ2) is 2.00. The molecule has 0 rings (SSSR count). The molecule has 0 aliphatic carbocycles. The third-order valence-electron chi connectivity index (χ3n) is 0.436. The van der Waals surface area contributed by atoms with Crippen LogP contribution in [0.4, 0.5) is 4.79 Å². The lowest BCUT2D eigenvalue weighted by Crippen LogP contribution is -2.50. The number of urea groups is 1. The Kier molecular flexibility index (Phi) is 1.81. The highest BCUT2D eigenvalue weighted by Gasteiger charge is 2.10. The molecule has 0 unspecified atom stereocenters. The number of hydrogen-bond donors (Lipinski definition) is 2. The largest absolute Gasteiger partial charge is 0.334 e. The van der Waals surface area contributed by atoms with Gasteiger partial charge in [-0.25, -0.2) is 10.5 Å². The molecule has 0 saturated carbocycles. The van der Waals surface area contributed by atoms with Crippen LogP contribution in [0.5, 0.6) is 0 Å². The van der Waals surface area contributed by atoms with Crippen molar-refractivity contribution in [3.8, 4) is 0 Å². The van der Waals surface area contributed by atoms with Gasteiger partial charge < -0.3 is 11.1 Å². The minimum absolute atomic E-state index is 0.765. The van der Waals surface area contributed by atoms with Crippen LogP contribution < -0.4 is 16.8 Å². The summed E-state index contributed by atoms with van der Waals surface area (Å²) in [6.45, 7) is 3.22. The molecule has 4 nitrogen and oxygen atoms in total. The van der Waals surface area contributed by atoms with Crippen LogP contribution in [-0.2, 0) is 0 Å². The lowest BCUT2D eigenvalue weighted by atomic mass is 10.3. The normalized spacial score (nSPS) is 10.9. The maximum Gasteiger partial charge on any atom is 0.334 e. The van der Waals surface area contributed by atoms with Crippen LogP contribution in [0.25, 0.3) is 0 Å². The van der Waals surface area contributed by atoms with Gasteiger partial charge in [0.15, 0.2) is 0 Å². The summed E-state index contributed by atoms with van der Waals surface area (Å²) in [5.74, 6) is 0. The minimum Gasteiger partial charge on any atom is -0.319 e. The van der Waals surface area contributed by atoms with Crippen LogP contribution in [0.3, 0.4) is 0 Å². The zero-order valence-corrected chi connectivity index (χ0v) is 4.99. The van der Waals surface area contributed by atoms with Crippen molar-refractivity contribution in [1.82, 2.24) is 11.1 Å². The lowest BCUT2D eigenvalue weighted by molar-refractivity contribution is 0.238. The van der Waals surface area contributed by atoms with Crippen molar-refractivity contribution in [1.29, 1.82) is 0 Å². The van der Waals surface area contributed by atoms with E-state index in [1.165, 1.54) is 0 Å². The van der Waals surface area contributed by atoms with Crippen LogP contribution in [0, 0.1) is 0 Å². The molecule has 0 bridgehead atoms. The van der Waals surface area contributed by atoms with Crippen molar-refractivity contribution in [2.24, 2.45) is 5.73 Å². The summed E-state index contributed by atoms with van der Waals surface area (Å²) >= 11 is 0. The second-order valence-electron chi connectivity index (χ2n) is 2.18. The zero-order valence-electron chi connectivity index (χ0n) is 4.99. The fourth-order valence-corrected chi connectivity index (χ4v) is 0.293. The van der Waals surface area contributed by atoms with Crippen LogP contribution in [0.1, 0.15) is 13.8 Å². The van der Waals surface area contributed by atoms with Gasteiger partial charge in [0, 0.05) is 0 Å². The van der Waals surface area contributed by atoms with Gasteiger partial charge in [0.1, 0.15) is 0 Å². The summed E-state index contributed by atoms with van der Waals surface area (Å²) in [6.07, 6.45) is 0. The van der Waals surface area contributed by atoms with Crippen molar-refractivity contribution in [3.05, 3.63) is 0 Å². The summed E-state index contributed by atoms with van der Waals surface area (Å²) in [7, 11) is 0. The summed E-state index contributed by atoms with van der Waals surface area (Å²) in [6, 6.07) is -0.850. The van der Waals surface area contributed by atoms with Crippen LogP contribution >= 0.6 is 0 Å². The molecule has 0 aromatic carbocycles. The molecule has 0 heterocycles. The molecule has 1 radical (unpaired) electrons. The van der Waals surface area contributed by atoms with E-state index in [0.717, 1.165) is 0 Å². The van der Waals surface area contributed by atoms with Gasteiger partial charge in [0.05, 0.1) is 5.66 Å². The first-order valence-electron chi connectivity index (χ1n) is 2.24. The summed E-state index contributed by atoms with van der Waals surface area (Å²) in [4.78, 5) is 9.93. The third kappa shape index (κ3) is 5.23. The number of carbonyl (C=O) groups excluding carboxylic acids is 1. The van der Waals surface area contributed by atoms with Crippen molar-refractivity contribution < 1.29 is 4.79 Å². The maximum absolute atomic E-state index is 9.93. The Morgan fingerprint density at radius 1 is 1.75 bits per heavy atom. The fraction of sp³-hybridized carbons (Fsp3) is 0.750. The molecular formula is C4H10N3O. The molecule has 0 aromatic rings. The Morgan fingerprint density at radius 3 is 2.12 bits per heavy atom. The molecule has 4 N–H and O–H groups in total. The van der Waals surface area contributed by atoms with Gasteiger partial charge in [0.25, 0.3) is 0 Å². The lowest BCUT2D eigenvalue weighted by Gasteiger charge is -2.17. The first kappa shape index (κ1) is 7.23. The Hall–Kier alpha value is -0.770. The number of nitrogens with two attached hydrogens (primary N) is 1. The Labute approximate surface area is 48.2 Å². The Bertz CT molecular complexity index is 93.9. The topological polar surface area (TPSA) is 78.9 Å². The Morgan fingerprint density at radius 2 is 2.12 bits per heavy atom. The predicted octanol–water partition coefficient (Wildman–Crippen LogP) is -0.326. The molecule has 0 atom stereocenters. The number of carbonyl (C=O) groups is 1. The Balaban J connectivity index is 3.55. The first-order chi connectivity index (χ1) is 3.42. The van der Waals surface area contributed by atoms with E-state index in [1.54, 1.807) is 13.8 Å². The number of rotatable bonds is 1. The molecule has 47 valence electrons. The monoisotopic (exact) mass is 116 g/mol. The standard InChI is InChI=1S/C4H10N3O/c1-4(2,6)7-3(5)8/h5H,6H2,1-2H3,(H,7,8). The molecule has 0 saturated heterocycles. The van der Waals surface area contributed by atoms with Gasteiger partial charge in [-0.1, -0.05) is 0 Å². The summed E-state index contributed by atoms with van der Waals surface area (Å²) < 4.78 is 0. The van der Waals surface area contributed by atoms with E-state index in [2.05, 4.69) is 5.32 Å². The molecule has 0 aliphatic heterocycles. The minimum atomic E-state index is -0.850. The third-order valence-corrected chi connectivity index (χ3v) is 0.436. The quantitative estimate of drug-likeness (QED) is 0.460. The van der Waals surface area contributed by atoms with Crippen molar-refractivity contribution in [2.45, 2.75) is 19.5 Å². The van der Waals surface area contributed by atoms with Crippen molar-refractivity contribution >= 4 is 6.03 Å². The smallest absolute Gasteiger partial charge is 0.319 e. The van der Waals surface area contributed by atoms with E-state index in [4.69, 9.17) is 11.5 Å². The number of hydrogen-bond acceptors (Lipinski definition) is 2. The van der Waals surface area contributed by atoms with E-state index in [0.29, 0.717) is 0 Å². The van der Waals surface area contributed by atoms with Crippen LogP contribution in [0.15, 0.2) is 0 Å². The molecule has 4 heteroatoms. The molecule has 0 fully saturated rings. The number of nitrogens with one attached hydrogen (secondary N) is 2. The average molecular weight is 116 g/mol. The maximum atomic E-state index is 9.93.